The second-order valence-electron chi connectivity index (χ2n) is 19.5. The number of cyclic esters (lactones) is 1. The minimum atomic E-state index is -1.84. The smallest absolute Gasteiger partial charge is 0.311 e. The summed E-state index contributed by atoms with van der Waals surface area (Å²) in [5, 5.41) is 85.3. The van der Waals surface area contributed by atoms with E-state index >= 15 is 0 Å². The molecule has 18 heteroatoms. The molecular weight excluding hydrogens is 808 g/mol. The second-order valence-corrected chi connectivity index (χ2v) is 19.5. The van der Waals surface area contributed by atoms with Gasteiger partial charge in [0.05, 0.1) is 47.6 Å². The summed E-state index contributed by atoms with van der Waals surface area (Å²) in [6.07, 6.45) is -9.40. The first-order valence-electron chi connectivity index (χ1n) is 22.8. The van der Waals surface area contributed by atoms with E-state index in [1.807, 2.05) is 37.7 Å². The molecular formula is C44H86N4O14. The molecule has 3 heterocycles. The van der Waals surface area contributed by atoms with Crippen molar-refractivity contribution >= 4 is 5.97 Å². The van der Waals surface area contributed by atoms with Gasteiger partial charge in [-0.3, -0.25) is 9.69 Å². The first kappa shape index (κ1) is 55.2. The molecule has 366 valence electrons. The molecule has 62 heavy (non-hydrogen) atoms. The maximum Gasteiger partial charge on any atom is 0.311 e. The number of carbonyl (C=O) groups is 1. The summed E-state index contributed by atoms with van der Waals surface area (Å²) in [4.78, 5) is 18.2. The number of rotatable bonds is 16. The van der Waals surface area contributed by atoms with Gasteiger partial charge in [-0.1, -0.05) is 20.8 Å². The molecule has 0 aromatic heterocycles. The minimum absolute atomic E-state index is 0.0947. The molecule has 0 aromatic rings. The van der Waals surface area contributed by atoms with Gasteiger partial charge in [0.15, 0.2) is 12.6 Å². The van der Waals surface area contributed by atoms with Crippen molar-refractivity contribution in [2.75, 3.05) is 60.7 Å². The lowest BCUT2D eigenvalue weighted by Gasteiger charge is -2.49. The van der Waals surface area contributed by atoms with Crippen LogP contribution >= 0.6 is 0 Å². The summed E-state index contributed by atoms with van der Waals surface area (Å²) in [6, 6.07) is -1.08. The molecule has 0 saturated carbocycles. The SMILES string of the molecule is CC[C@H]1OC(=O)[C@H](C)[C@@H](O[C@H]2C[C@@](C)(OC)[C@@H](O)[C@H](C)O2)[C@H](C)[C@@H](O[C@@H]2O[C@H](C)CC(N(C)CC(O)CNCNCCCO)[C@H]2O)[C@](C)(O)C[C@@H](C)CN(C)[C@H](C)[C@@H](O)[C@]1(C)O. The normalized spacial score (nSPS) is 44.1. The van der Waals surface area contributed by atoms with Gasteiger partial charge < -0.3 is 79.7 Å². The lowest BCUT2D eigenvalue weighted by atomic mass is 9.77. The zero-order valence-corrected chi connectivity index (χ0v) is 39.9. The van der Waals surface area contributed by atoms with Crippen molar-refractivity contribution in [3.63, 3.8) is 0 Å². The van der Waals surface area contributed by atoms with E-state index in [1.54, 1.807) is 48.5 Å². The topological polar surface area (TPSA) is 245 Å². The Morgan fingerprint density at radius 2 is 1.65 bits per heavy atom. The molecule has 9 N–H and O–H groups in total. The van der Waals surface area contributed by atoms with Crippen LogP contribution in [0.15, 0.2) is 0 Å². The van der Waals surface area contributed by atoms with E-state index in [2.05, 4.69) is 10.6 Å². The summed E-state index contributed by atoms with van der Waals surface area (Å²) in [7, 11) is 5.14. The van der Waals surface area contributed by atoms with Crippen molar-refractivity contribution in [3.8, 4) is 0 Å². The molecule has 3 fully saturated rings. The van der Waals surface area contributed by atoms with Gasteiger partial charge in [0, 0.05) is 64.4 Å². The van der Waals surface area contributed by atoms with Gasteiger partial charge in [0.1, 0.15) is 30.0 Å². The average Bonchev–Trinajstić information content (AvgIpc) is 3.20. The van der Waals surface area contributed by atoms with E-state index in [0.29, 0.717) is 39.1 Å². The first-order chi connectivity index (χ1) is 28.8. The molecule has 0 bridgehead atoms. The molecule has 3 aliphatic rings. The Kier molecular flexibility index (Phi) is 21.4. The van der Waals surface area contributed by atoms with Crippen LogP contribution in [-0.2, 0) is 33.2 Å². The third-order valence-electron chi connectivity index (χ3n) is 13.8. The van der Waals surface area contributed by atoms with Crippen molar-refractivity contribution in [2.24, 2.45) is 17.8 Å². The fraction of sp³-hybridized carbons (Fsp3) is 0.977. The molecule has 0 amide bonds. The monoisotopic (exact) mass is 895 g/mol. The molecule has 3 saturated heterocycles. The summed E-state index contributed by atoms with van der Waals surface area (Å²) in [6.45, 7) is 19.5. The number of nitrogens with zero attached hydrogens (tertiary/aromatic N) is 2. The van der Waals surface area contributed by atoms with E-state index in [0.717, 1.165) is 0 Å². The van der Waals surface area contributed by atoms with E-state index in [9.17, 15) is 35.4 Å². The zero-order valence-electron chi connectivity index (χ0n) is 39.9. The number of carbonyl (C=O) groups excluding carboxylic acids is 1. The summed E-state index contributed by atoms with van der Waals surface area (Å²) >= 11 is 0. The van der Waals surface area contributed by atoms with Crippen LogP contribution in [0.3, 0.4) is 0 Å². The second kappa shape index (κ2) is 24.0. The van der Waals surface area contributed by atoms with Gasteiger partial charge in [0.25, 0.3) is 0 Å². The molecule has 0 aliphatic carbocycles. The number of likely N-dealkylation sites (N-methyl/N-ethyl adjacent to an activating group) is 2. The van der Waals surface area contributed by atoms with Gasteiger partial charge in [-0.15, -0.1) is 0 Å². The number of hydrogen-bond acceptors (Lipinski definition) is 18. The van der Waals surface area contributed by atoms with Gasteiger partial charge in [-0.25, -0.2) is 0 Å². The Bertz CT molecular complexity index is 1340. The Balaban J connectivity index is 2.06. The minimum Gasteiger partial charge on any atom is -0.459 e. The average molecular weight is 895 g/mol. The highest BCUT2D eigenvalue weighted by molar-refractivity contribution is 5.73. The van der Waals surface area contributed by atoms with Crippen LogP contribution < -0.4 is 10.6 Å². The van der Waals surface area contributed by atoms with E-state index < -0.39 is 108 Å². The van der Waals surface area contributed by atoms with E-state index in [-0.39, 0.29) is 44.4 Å². The lowest BCUT2D eigenvalue weighted by molar-refractivity contribution is -0.318. The highest BCUT2D eigenvalue weighted by Gasteiger charge is 2.53. The van der Waals surface area contributed by atoms with Crippen molar-refractivity contribution < 1.29 is 69.0 Å². The Labute approximate surface area is 370 Å². The molecule has 2 unspecified atom stereocenters. The van der Waals surface area contributed by atoms with E-state index in [4.69, 9.17) is 33.5 Å². The van der Waals surface area contributed by atoms with Crippen molar-refractivity contribution in [2.45, 2.75) is 198 Å². The predicted octanol–water partition coefficient (Wildman–Crippen LogP) is 0.151. The molecule has 0 spiro atoms. The van der Waals surface area contributed by atoms with Crippen molar-refractivity contribution in [1.82, 2.24) is 20.4 Å². The number of nitrogens with one attached hydrogen (secondary N) is 2. The quantitative estimate of drug-likeness (QED) is 0.0569. The zero-order chi connectivity index (χ0) is 46.9. The maximum atomic E-state index is 14.4. The fourth-order valence-electron chi connectivity index (χ4n) is 9.81. The van der Waals surface area contributed by atoms with Gasteiger partial charge in [-0.05, 0) is 101 Å². The Morgan fingerprint density at radius 1 is 0.984 bits per heavy atom. The summed E-state index contributed by atoms with van der Waals surface area (Å²) in [5.74, 6) is -2.81. The van der Waals surface area contributed by atoms with Crippen LogP contribution in [0.4, 0.5) is 0 Å². The number of aliphatic hydroxyl groups excluding tert-OH is 5. The Hall–Kier alpha value is -1.17. The molecule has 19 atom stereocenters. The fourth-order valence-corrected chi connectivity index (χ4v) is 9.81. The third-order valence-corrected chi connectivity index (χ3v) is 13.8. The van der Waals surface area contributed by atoms with Crippen LogP contribution in [0.2, 0.25) is 0 Å². The van der Waals surface area contributed by atoms with Crippen molar-refractivity contribution in [1.29, 1.82) is 0 Å². The molecule has 0 radical (unpaired) electrons. The third kappa shape index (κ3) is 14.2. The van der Waals surface area contributed by atoms with Crippen LogP contribution in [0.1, 0.15) is 101 Å². The van der Waals surface area contributed by atoms with Crippen LogP contribution in [0.25, 0.3) is 0 Å². The van der Waals surface area contributed by atoms with Crippen LogP contribution in [-0.4, -0.2) is 209 Å². The standard InChI is InChI=1S/C44H86N4O14/c1-14-33-44(10,56)37(52)29(6)47(11)22-25(2)19-42(8,55)39(27(4)36(28(5)40(54)60-33)61-34-20-43(9,57-13)38(53)30(7)59-34)62-41-35(51)32(18-26(3)58-41)48(12)23-31(50)21-46-24-45-16-15-17-49/h25-39,41,45-46,49-53,55-56H,14-24H2,1-13H3/t25-,26-,27+,28-,29-,30+,31?,32?,33-,34+,35-,36+,37-,38+,39-,41+,42-,43-,44-/m1/s1. The number of ether oxygens (including phenoxy) is 6. The van der Waals surface area contributed by atoms with Gasteiger partial charge in [-0.2, -0.15) is 0 Å². The van der Waals surface area contributed by atoms with Gasteiger partial charge >= 0.3 is 5.97 Å². The van der Waals surface area contributed by atoms with Crippen LogP contribution in [0.5, 0.6) is 0 Å². The Morgan fingerprint density at radius 3 is 2.26 bits per heavy atom. The highest BCUT2D eigenvalue weighted by atomic mass is 16.7. The van der Waals surface area contributed by atoms with E-state index in [1.165, 1.54) is 14.0 Å². The largest absolute Gasteiger partial charge is 0.459 e. The summed E-state index contributed by atoms with van der Waals surface area (Å²) in [5.41, 5.74) is -4.53. The maximum absolute atomic E-state index is 14.4. The number of aliphatic hydroxyl groups is 7. The number of hydrogen-bond donors (Lipinski definition) is 9. The predicted molar refractivity (Wildman–Crippen MR) is 232 cm³/mol. The summed E-state index contributed by atoms with van der Waals surface area (Å²) < 4.78 is 37.9. The number of esters is 1. The first-order valence-corrected chi connectivity index (χ1v) is 22.8. The number of methoxy groups -OCH3 is 1. The van der Waals surface area contributed by atoms with Crippen molar-refractivity contribution in [3.05, 3.63) is 0 Å². The highest BCUT2D eigenvalue weighted by Crippen LogP contribution is 2.40. The molecule has 18 nitrogen and oxygen atoms in total. The molecule has 3 rings (SSSR count). The molecule has 3 aliphatic heterocycles. The van der Waals surface area contributed by atoms with Crippen LogP contribution in [0, 0.1) is 17.8 Å². The van der Waals surface area contributed by atoms with Gasteiger partial charge in [0.2, 0.25) is 0 Å². The molecule has 0 aromatic carbocycles. The lowest BCUT2D eigenvalue weighted by Crippen LogP contribution is -2.61.